The molecule has 12 heteroatoms. The highest BCUT2D eigenvalue weighted by Crippen LogP contribution is 2.45. The normalized spacial score (nSPS) is 21.7. The molecule has 3 fully saturated rings. The first-order valence-electron chi connectivity index (χ1n) is 17.8. The number of aryl methyl sites for hydroxylation is 1. The van der Waals surface area contributed by atoms with E-state index in [0.29, 0.717) is 36.8 Å². The van der Waals surface area contributed by atoms with E-state index in [2.05, 4.69) is 66.1 Å². The van der Waals surface area contributed by atoms with Gasteiger partial charge in [0, 0.05) is 38.3 Å². The van der Waals surface area contributed by atoms with E-state index in [-0.39, 0.29) is 31.0 Å². The molecule has 0 saturated carbocycles. The van der Waals surface area contributed by atoms with Gasteiger partial charge in [0.05, 0.1) is 29.3 Å². The van der Waals surface area contributed by atoms with Crippen molar-refractivity contribution in [1.29, 1.82) is 0 Å². The molecule has 4 aromatic rings. The van der Waals surface area contributed by atoms with Crippen molar-refractivity contribution < 1.29 is 23.7 Å². The molecule has 0 N–H and O–H groups in total. The number of carbonyl (C=O) groups excluding carboxylic acids is 1. The summed E-state index contributed by atoms with van der Waals surface area (Å²) in [5.74, 6) is 2.73. The first-order chi connectivity index (χ1) is 24.0. The molecule has 264 valence electrons. The number of likely N-dealkylation sites (N-methyl/N-ethyl adjacent to an activating group) is 1. The van der Waals surface area contributed by atoms with Crippen molar-refractivity contribution in [3.05, 3.63) is 42.0 Å². The van der Waals surface area contributed by atoms with Gasteiger partial charge in [-0.15, -0.1) is 0 Å². The summed E-state index contributed by atoms with van der Waals surface area (Å²) in [6.45, 7) is 10.8. The maximum Gasteiger partial charge on any atom is 0.410 e. The van der Waals surface area contributed by atoms with Crippen LogP contribution in [0.4, 0.5) is 16.6 Å². The van der Waals surface area contributed by atoms with Gasteiger partial charge in [0.1, 0.15) is 29.2 Å². The van der Waals surface area contributed by atoms with Crippen LogP contribution in [0.3, 0.4) is 0 Å². The summed E-state index contributed by atoms with van der Waals surface area (Å²) in [6, 6.07) is 12.8. The van der Waals surface area contributed by atoms with Crippen LogP contribution in [-0.4, -0.2) is 115 Å². The standard InChI is InChI=1S/C38H47N7O5/c1-8-22-10-9-11-23-14-26(49-21-47-7)15-27(32(22)23)28-16-29-33-34(41-36(40-29)43-17-25(18-43)42(5)6)44-19-24-12-13-30(31(44)20-48-35(33)39-28)45(24)37(46)50-38(2,3)4/h9-11,14-16,24-25,30-31H,8,12-13,17-21H2,1-7H3/t24-,30+,31?/m0/s1. The molecular weight excluding hydrogens is 634 g/mol. The Morgan fingerprint density at radius 3 is 2.58 bits per heavy atom. The number of amides is 1. The third-order valence-corrected chi connectivity index (χ3v) is 10.6. The minimum atomic E-state index is -0.576. The quantitative estimate of drug-likeness (QED) is 0.231. The zero-order chi connectivity index (χ0) is 34.9. The molecule has 3 saturated heterocycles. The molecule has 50 heavy (non-hydrogen) atoms. The molecule has 2 aromatic heterocycles. The lowest BCUT2D eigenvalue weighted by Gasteiger charge is -2.47. The second-order valence-corrected chi connectivity index (χ2v) is 15.2. The molecule has 0 spiro atoms. The first-order valence-corrected chi connectivity index (χ1v) is 17.8. The number of rotatable bonds is 7. The van der Waals surface area contributed by atoms with Crippen molar-refractivity contribution in [2.24, 2.45) is 0 Å². The molecule has 12 nitrogen and oxygen atoms in total. The fraction of sp³-hybridized carbons (Fsp3) is 0.526. The van der Waals surface area contributed by atoms with E-state index in [4.69, 9.17) is 33.9 Å². The molecule has 8 rings (SSSR count). The predicted molar refractivity (Wildman–Crippen MR) is 193 cm³/mol. The van der Waals surface area contributed by atoms with Crippen LogP contribution in [0.2, 0.25) is 0 Å². The number of anilines is 2. The van der Waals surface area contributed by atoms with Crippen LogP contribution in [0.1, 0.15) is 46.1 Å². The maximum absolute atomic E-state index is 13.6. The number of ether oxygens (including phenoxy) is 4. The largest absolute Gasteiger partial charge is 0.475 e. The highest BCUT2D eigenvalue weighted by molar-refractivity contribution is 6.03. The lowest BCUT2D eigenvalue weighted by Crippen LogP contribution is -2.63. The van der Waals surface area contributed by atoms with E-state index >= 15 is 0 Å². The summed E-state index contributed by atoms with van der Waals surface area (Å²) < 4.78 is 23.8. The van der Waals surface area contributed by atoms with E-state index in [9.17, 15) is 4.79 Å². The zero-order valence-electron chi connectivity index (χ0n) is 30.1. The highest BCUT2D eigenvalue weighted by Gasteiger charge is 2.51. The van der Waals surface area contributed by atoms with Gasteiger partial charge in [-0.2, -0.15) is 4.98 Å². The van der Waals surface area contributed by atoms with Crippen molar-refractivity contribution in [3.63, 3.8) is 0 Å². The third kappa shape index (κ3) is 5.62. The summed E-state index contributed by atoms with van der Waals surface area (Å²) in [6.07, 6.45) is 2.39. The summed E-state index contributed by atoms with van der Waals surface area (Å²) in [5.41, 5.74) is 3.13. The van der Waals surface area contributed by atoms with Gasteiger partial charge in [0.15, 0.2) is 6.79 Å². The highest BCUT2D eigenvalue weighted by atomic mass is 16.7. The maximum atomic E-state index is 13.6. The lowest BCUT2D eigenvalue weighted by atomic mass is 9.95. The molecule has 0 aliphatic carbocycles. The number of benzene rings is 2. The number of pyridine rings is 1. The Kier molecular flexibility index (Phi) is 8.14. The van der Waals surface area contributed by atoms with E-state index in [1.54, 1.807) is 7.11 Å². The molecule has 3 atom stereocenters. The van der Waals surface area contributed by atoms with Gasteiger partial charge in [-0.25, -0.2) is 14.8 Å². The van der Waals surface area contributed by atoms with Crippen LogP contribution in [0.5, 0.6) is 11.6 Å². The van der Waals surface area contributed by atoms with E-state index in [1.807, 2.05) is 31.7 Å². The average molecular weight is 682 g/mol. The number of nitrogens with zero attached hydrogens (tertiary/aromatic N) is 7. The van der Waals surface area contributed by atoms with Crippen molar-refractivity contribution in [3.8, 4) is 22.9 Å². The monoisotopic (exact) mass is 681 g/mol. The van der Waals surface area contributed by atoms with Gasteiger partial charge < -0.3 is 33.6 Å². The molecule has 4 aliphatic heterocycles. The van der Waals surface area contributed by atoms with Gasteiger partial charge in [0.2, 0.25) is 11.8 Å². The zero-order valence-corrected chi connectivity index (χ0v) is 30.1. The molecular formula is C38H47N7O5. The fourth-order valence-corrected chi connectivity index (χ4v) is 8.06. The molecule has 6 heterocycles. The number of piperazine rings is 1. The molecule has 4 aliphatic rings. The van der Waals surface area contributed by atoms with Crippen molar-refractivity contribution in [2.45, 2.75) is 76.7 Å². The van der Waals surface area contributed by atoms with Crippen LogP contribution < -0.4 is 19.3 Å². The van der Waals surface area contributed by atoms with Gasteiger partial charge >= 0.3 is 6.09 Å². The Labute approximate surface area is 293 Å². The predicted octanol–water partition coefficient (Wildman–Crippen LogP) is 5.49. The number of aromatic nitrogens is 3. The summed E-state index contributed by atoms with van der Waals surface area (Å²) in [5, 5.41) is 3.00. The summed E-state index contributed by atoms with van der Waals surface area (Å²) in [7, 11) is 5.85. The van der Waals surface area contributed by atoms with Crippen LogP contribution in [0, 0.1) is 0 Å². The van der Waals surface area contributed by atoms with E-state index < -0.39 is 5.60 Å². The first kappa shape index (κ1) is 32.8. The Morgan fingerprint density at radius 1 is 1.02 bits per heavy atom. The smallest absolute Gasteiger partial charge is 0.410 e. The molecule has 1 unspecified atom stereocenters. The van der Waals surface area contributed by atoms with Gasteiger partial charge in [-0.05, 0) is 88.7 Å². The second-order valence-electron chi connectivity index (χ2n) is 15.2. The minimum absolute atomic E-state index is 0.0177. The number of fused-ring (bicyclic) bond motifs is 6. The van der Waals surface area contributed by atoms with Crippen LogP contribution in [0.15, 0.2) is 36.4 Å². The molecule has 2 aromatic carbocycles. The minimum Gasteiger partial charge on any atom is -0.475 e. The number of carbonyl (C=O) groups is 1. The van der Waals surface area contributed by atoms with Crippen LogP contribution in [-0.2, 0) is 15.9 Å². The van der Waals surface area contributed by atoms with Crippen molar-refractivity contribution in [1.82, 2.24) is 24.8 Å². The molecule has 0 radical (unpaired) electrons. The van der Waals surface area contributed by atoms with Gasteiger partial charge in [-0.3, -0.25) is 4.90 Å². The van der Waals surface area contributed by atoms with Gasteiger partial charge in [0.25, 0.3) is 0 Å². The Bertz CT molecular complexity index is 1960. The number of hydrogen-bond donors (Lipinski definition) is 0. The van der Waals surface area contributed by atoms with E-state index in [1.165, 1.54) is 5.56 Å². The summed E-state index contributed by atoms with van der Waals surface area (Å²) >= 11 is 0. The number of hydrogen-bond acceptors (Lipinski definition) is 11. The number of methoxy groups -OCH3 is 1. The van der Waals surface area contributed by atoms with E-state index in [0.717, 1.165) is 71.1 Å². The topological polar surface area (TPSA) is 106 Å². The fourth-order valence-electron chi connectivity index (χ4n) is 8.06. The Balaban J connectivity index is 1.28. The van der Waals surface area contributed by atoms with Crippen molar-refractivity contribution in [2.75, 3.05) is 64.0 Å². The Morgan fingerprint density at radius 2 is 1.84 bits per heavy atom. The van der Waals surface area contributed by atoms with Crippen LogP contribution >= 0.6 is 0 Å². The van der Waals surface area contributed by atoms with Crippen LogP contribution in [0.25, 0.3) is 32.9 Å². The van der Waals surface area contributed by atoms with Gasteiger partial charge in [-0.1, -0.05) is 25.1 Å². The SMILES string of the molecule is CCc1cccc2cc(OCOC)cc(-c3cc4nc(N5CC(N(C)C)C5)nc5c4c(n3)OCC3[C@H]4CC[C@@H](CN53)N4C(=O)OC(C)(C)C)c12. The van der Waals surface area contributed by atoms with Crippen molar-refractivity contribution >= 4 is 39.5 Å². The Hall–Kier alpha value is -4.42. The third-order valence-electron chi connectivity index (χ3n) is 10.6. The molecule has 1 amide bonds. The second kappa shape index (κ2) is 12.4. The molecule has 2 bridgehead atoms. The average Bonchev–Trinajstić information content (AvgIpc) is 3.29. The summed E-state index contributed by atoms with van der Waals surface area (Å²) in [4.78, 5) is 38.1. The lowest BCUT2D eigenvalue weighted by molar-refractivity contribution is 0.00540.